The molecule has 7 heteroatoms. The smallest absolute Gasteiger partial charge is 0.216 e. The number of aliphatic imine (C=N–C) groups is 1. The Morgan fingerprint density at radius 2 is 2.24 bits per heavy atom. The number of aromatic amines is 1. The molecule has 1 aliphatic rings. The molecule has 136 valence electrons. The van der Waals surface area contributed by atoms with Crippen molar-refractivity contribution < 1.29 is 4.42 Å². The van der Waals surface area contributed by atoms with Gasteiger partial charge in [0.1, 0.15) is 5.82 Å². The molecule has 0 spiro atoms. The van der Waals surface area contributed by atoms with E-state index in [9.17, 15) is 0 Å². The largest absolute Gasteiger partial charge is 0.461 e. The Bertz CT molecular complexity index is 684. The van der Waals surface area contributed by atoms with Crippen LogP contribution in [0.2, 0.25) is 0 Å². The van der Waals surface area contributed by atoms with Gasteiger partial charge in [0.2, 0.25) is 5.82 Å². The maximum atomic E-state index is 5.30. The van der Waals surface area contributed by atoms with Crippen molar-refractivity contribution in [2.75, 3.05) is 13.6 Å². The number of furan rings is 1. The molecule has 1 aliphatic carbocycles. The van der Waals surface area contributed by atoms with Crippen LogP contribution in [0.3, 0.4) is 0 Å². The Balaban J connectivity index is 1.50. The zero-order valence-electron chi connectivity index (χ0n) is 15.3. The lowest BCUT2D eigenvalue weighted by Crippen LogP contribution is -2.46. The summed E-state index contributed by atoms with van der Waals surface area (Å²) >= 11 is 0. The zero-order chi connectivity index (χ0) is 17.7. The number of rotatable bonds is 7. The van der Waals surface area contributed by atoms with Crippen LogP contribution in [0.15, 0.2) is 27.8 Å². The minimum atomic E-state index is 0.435. The van der Waals surface area contributed by atoms with Gasteiger partial charge in [-0.1, -0.05) is 20.3 Å². The van der Waals surface area contributed by atoms with E-state index in [-0.39, 0.29) is 0 Å². The van der Waals surface area contributed by atoms with Crippen molar-refractivity contribution in [3.05, 3.63) is 24.2 Å². The molecule has 0 saturated heterocycles. The molecule has 2 aromatic rings. The van der Waals surface area contributed by atoms with Crippen molar-refractivity contribution in [1.82, 2.24) is 25.8 Å². The first-order valence-corrected chi connectivity index (χ1v) is 9.00. The Kier molecular flexibility index (Phi) is 5.40. The average molecular weight is 344 g/mol. The normalized spacial score (nSPS) is 16.7. The highest BCUT2D eigenvalue weighted by molar-refractivity contribution is 5.79. The Labute approximate surface area is 148 Å². The van der Waals surface area contributed by atoms with Crippen LogP contribution in [-0.2, 0) is 6.54 Å². The molecule has 2 heterocycles. The molecule has 7 nitrogen and oxygen atoms in total. The molecule has 0 unspecified atom stereocenters. The number of H-pyrrole nitrogens is 1. The highest BCUT2D eigenvalue weighted by atomic mass is 16.3. The number of nitrogens with zero attached hydrogens (tertiary/aromatic N) is 3. The lowest BCUT2D eigenvalue weighted by atomic mass is 9.64. The molecular formula is C18H28N6O. The first kappa shape index (κ1) is 17.5. The van der Waals surface area contributed by atoms with Crippen LogP contribution in [0, 0.1) is 11.3 Å². The maximum absolute atomic E-state index is 5.30. The number of hydrogen-bond acceptors (Lipinski definition) is 4. The minimum absolute atomic E-state index is 0.435. The fourth-order valence-electron chi connectivity index (χ4n) is 3.55. The van der Waals surface area contributed by atoms with Crippen molar-refractivity contribution in [3.63, 3.8) is 0 Å². The number of aromatic nitrogens is 3. The summed E-state index contributed by atoms with van der Waals surface area (Å²) in [4.78, 5) is 8.74. The van der Waals surface area contributed by atoms with Crippen LogP contribution in [0.1, 0.15) is 45.4 Å². The molecule has 0 bridgehead atoms. The summed E-state index contributed by atoms with van der Waals surface area (Å²) < 4.78 is 5.30. The molecule has 2 aromatic heterocycles. The third-order valence-electron chi connectivity index (χ3n) is 4.81. The molecule has 0 atom stereocenters. The van der Waals surface area contributed by atoms with E-state index in [1.807, 2.05) is 12.1 Å². The van der Waals surface area contributed by atoms with E-state index in [4.69, 9.17) is 4.42 Å². The van der Waals surface area contributed by atoms with E-state index in [1.165, 1.54) is 25.7 Å². The summed E-state index contributed by atoms with van der Waals surface area (Å²) in [7, 11) is 1.79. The van der Waals surface area contributed by atoms with E-state index in [1.54, 1.807) is 13.3 Å². The lowest BCUT2D eigenvalue weighted by Gasteiger charge is -2.43. The van der Waals surface area contributed by atoms with E-state index >= 15 is 0 Å². The highest BCUT2D eigenvalue weighted by Gasteiger charge is 2.37. The SMILES string of the molecule is CN=C(NCc1nc(-c2ccco2)n[nH]1)NCC1(CC(C)C)CCC1. The van der Waals surface area contributed by atoms with Crippen molar-refractivity contribution in [3.8, 4) is 11.6 Å². The summed E-state index contributed by atoms with van der Waals surface area (Å²) in [6.07, 6.45) is 6.84. The molecule has 0 aliphatic heterocycles. The second kappa shape index (κ2) is 7.72. The summed E-state index contributed by atoms with van der Waals surface area (Å²) in [5.74, 6) is 3.49. The molecular weight excluding hydrogens is 316 g/mol. The van der Waals surface area contributed by atoms with E-state index in [0.717, 1.165) is 24.2 Å². The van der Waals surface area contributed by atoms with Gasteiger partial charge in [-0.3, -0.25) is 10.1 Å². The van der Waals surface area contributed by atoms with Gasteiger partial charge in [0, 0.05) is 13.6 Å². The Morgan fingerprint density at radius 3 is 2.84 bits per heavy atom. The van der Waals surface area contributed by atoms with Crippen LogP contribution >= 0.6 is 0 Å². The highest BCUT2D eigenvalue weighted by Crippen LogP contribution is 2.45. The summed E-state index contributed by atoms with van der Waals surface area (Å²) in [6, 6.07) is 3.66. The number of guanidine groups is 1. The van der Waals surface area contributed by atoms with Gasteiger partial charge in [-0.05, 0) is 42.7 Å². The Hall–Kier alpha value is -2.31. The summed E-state index contributed by atoms with van der Waals surface area (Å²) in [5.41, 5.74) is 0.435. The van der Waals surface area contributed by atoms with Crippen LogP contribution in [0.25, 0.3) is 11.6 Å². The van der Waals surface area contributed by atoms with Crippen molar-refractivity contribution in [2.24, 2.45) is 16.3 Å². The summed E-state index contributed by atoms with van der Waals surface area (Å²) in [5, 5.41) is 13.9. The van der Waals surface area contributed by atoms with Gasteiger partial charge < -0.3 is 15.1 Å². The Morgan fingerprint density at radius 1 is 1.40 bits per heavy atom. The van der Waals surface area contributed by atoms with Gasteiger partial charge in [0.05, 0.1) is 12.8 Å². The summed E-state index contributed by atoms with van der Waals surface area (Å²) in [6.45, 7) is 6.10. The second-order valence-corrected chi connectivity index (χ2v) is 7.31. The fraction of sp³-hybridized carbons (Fsp3) is 0.611. The van der Waals surface area contributed by atoms with Crippen molar-refractivity contribution in [2.45, 2.75) is 46.1 Å². The zero-order valence-corrected chi connectivity index (χ0v) is 15.3. The fourth-order valence-corrected chi connectivity index (χ4v) is 3.55. The lowest BCUT2D eigenvalue weighted by molar-refractivity contribution is 0.104. The number of hydrogen-bond donors (Lipinski definition) is 3. The second-order valence-electron chi connectivity index (χ2n) is 7.31. The molecule has 1 saturated carbocycles. The van der Waals surface area contributed by atoms with Gasteiger partial charge in [0.15, 0.2) is 11.7 Å². The van der Waals surface area contributed by atoms with Crippen molar-refractivity contribution >= 4 is 5.96 Å². The molecule has 1 fully saturated rings. The van der Waals surface area contributed by atoms with E-state index < -0.39 is 0 Å². The average Bonchev–Trinajstić information content (AvgIpc) is 3.23. The van der Waals surface area contributed by atoms with E-state index in [0.29, 0.717) is 23.5 Å². The predicted molar refractivity (Wildman–Crippen MR) is 98.0 cm³/mol. The van der Waals surface area contributed by atoms with Crippen LogP contribution in [-0.4, -0.2) is 34.7 Å². The molecule has 0 radical (unpaired) electrons. The molecule has 25 heavy (non-hydrogen) atoms. The standard InChI is InChI=1S/C18H28N6O/c1-13(2)10-18(7-5-8-18)12-21-17(19-3)20-11-15-22-16(24-23-15)14-6-4-9-25-14/h4,6,9,13H,5,7-8,10-12H2,1-3H3,(H2,19,20,21)(H,22,23,24). The predicted octanol–water partition coefficient (Wildman–Crippen LogP) is 2.95. The van der Waals surface area contributed by atoms with E-state index in [2.05, 4.69) is 44.7 Å². The van der Waals surface area contributed by atoms with Crippen LogP contribution in [0.4, 0.5) is 0 Å². The van der Waals surface area contributed by atoms with Gasteiger partial charge >= 0.3 is 0 Å². The maximum Gasteiger partial charge on any atom is 0.216 e. The van der Waals surface area contributed by atoms with Crippen molar-refractivity contribution in [1.29, 1.82) is 0 Å². The first-order chi connectivity index (χ1) is 12.1. The van der Waals surface area contributed by atoms with Gasteiger partial charge in [-0.2, -0.15) is 0 Å². The quantitative estimate of drug-likeness (QED) is 0.530. The minimum Gasteiger partial charge on any atom is -0.461 e. The first-order valence-electron chi connectivity index (χ1n) is 9.00. The molecule has 0 amide bonds. The van der Waals surface area contributed by atoms with Crippen LogP contribution in [0.5, 0.6) is 0 Å². The van der Waals surface area contributed by atoms with Crippen LogP contribution < -0.4 is 10.6 Å². The van der Waals surface area contributed by atoms with Gasteiger partial charge in [-0.15, -0.1) is 5.10 Å². The van der Waals surface area contributed by atoms with Gasteiger partial charge in [0.25, 0.3) is 0 Å². The number of nitrogens with one attached hydrogen (secondary N) is 3. The molecule has 0 aromatic carbocycles. The molecule has 3 rings (SSSR count). The monoisotopic (exact) mass is 344 g/mol. The third kappa shape index (κ3) is 4.41. The third-order valence-corrected chi connectivity index (χ3v) is 4.81. The molecule has 3 N–H and O–H groups in total. The topological polar surface area (TPSA) is 91.1 Å². The van der Waals surface area contributed by atoms with Gasteiger partial charge in [-0.25, -0.2) is 4.98 Å².